The first-order valence-corrected chi connectivity index (χ1v) is 7.16. The minimum absolute atomic E-state index is 0.0611. The van der Waals surface area contributed by atoms with E-state index in [1.54, 1.807) is 0 Å². The first kappa shape index (κ1) is 17.1. The maximum Gasteiger partial charge on any atom is 0.492 e. The Kier molecular flexibility index (Phi) is 4.93. The van der Waals surface area contributed by atoms with E-state index in [1.807, 2.05) is 13.0 Å². The molecule has 0 radical (unpaired) electrons. The zero-order valence-corrected chi connectivity index (χ0v) is 13.7. The molecular formula is C16H27BO3. The Labute approximate surface area is 123 Å². The Morgan fingerprint density at radius 2 is 1.55 bits per heavy atom. The van der Waals surface area contributed by atoms with Crippen LogP contribution in [0.3, 0.4) is 0 Å². The van der Waals surface area contributed by atoms with Crippen molar-refractivity contribution in [1.29, 1.82) is 0 Å². The van der Waals surface area contributed by atoms with Crippen molar-refractivity contribution < 1.29 is 14.8 Å². The lowest BCUT2D eigenvalue weighted by atomic mass is 9.71. The quantitative estimate of drug-likeness (QED) is 0.834. The summed E-state index contributed by atoms with van der Waals surface area (Å²) in [7, 11) is -1.53. The van der Waals surface area contributed by atoms with Crippen LogP contribution in [0, 0.1) is 0 Å². The molecular weight excluding hydrogens is 251 g/mol. The van der Waals surface area contributed by atoms with Gasteiger partial charge in [0.25, 0.3) is 0 Å². The van der Waals surface area contributed by atoms with E-state index in [4.69, 9.17) is 4.74 Å². The summed E-state index contributed by atoms with van der Waals surface area (Å²) in [4.78, 5) is 0. The van der Waals surface area contributed by atoms with Gasteiger partial charge in [-0.3, -0.25) is 0 Å². The second-order valence-electron chi connectivity index (χ2n) is 7.25. The molecule has 0 unspecified atom stereocenters. The third-order valence-electron chi connectivity index (χ3n) is 3.36. The van der Waals surface area contributed by atoms with Gasteiger partial charge in [-0.25, -0.2) is 0 Å². The average molecular weight is 278 g/mol. The van der Waals surface area contributed by atoms with Crippen LogP contribution < -0.4 is 10.2 Å². The van der Waals surface area contributed by atoms with E-state index >= 15 is 0 Å². The highest BCUT2D eigenvalue weighted by molar-refractivity contribution is 6.59. The molecule has 1 aromatic rings. The lowest BCUT2D eigenvalue weighted by molar-refractivity contribution is 0.329. The van der Waals surface area contributed by atoms with Gasteiger partial charge in [-0.1, -0.05) is 53.7 Å². The van der Waals surface area contributed by atoms with Crippen LogP contribution in [-0.2, 0) is 10.8 Å². The molecule has 4 heteroatoms. The SMILES string of the molecule is CCOc1c(B(O)O)cc(C(C)(C)C)cc1C(C)(C)C. The van der Waals surface area contributed by atoms with Crippen LogP contribution in [0.5, 0.6) is 5.75 Å². The predicted molar refractivity (Wildman–Crippen MR) is 84.8 cm³/mol. The summed E-state index contributed by atoms with van der Waals surface area (Å²) in [6.07, 6.45) is 0. The van der Waals surface area contributed by atoms with Gasteiger partial charge in [0, 0.05) is 5.46 Å². The van der Waals surface area contributed by atoms with Crippen molar-refractivity contribution >= 4 is 12.6 Å². The molecule has 0 fully saturated rings. The molecule has 3 nitrogen and oxygen atoms in total. The van der Waals surface area contributed by atoms with Crippen LogP contribution in [-0.4, -0.2) is 23.8 Å². The molecule has 0 saturated carbocycles. The van der Waals surface area contributed by atoms with Gasteiger partial charge >= 0.3 is 7.12 Å². The second kappa shape index (κ2) is 5.78. The summed E-state index contributed by atoms with van der Waals surface area (Å²) in [6, 6.07) is 3.96. The van der Waals surface area contributed by atoms with Gasteiger partial charge in [0.15, 0.2) is 0 Å². The fourth-order valence-electron chi connectivity index (χ4n) is 2.14. The van der Waals surface area contributed by atoms with Gasteiger partial charge in [-0.2, -0.15) is 0 Å². The molecule has 0 aliphatic heterocycles. The van der Waals surface area contributed by atoms with Crippen LogP contribution >= 0.6 is 0 Å². The number of hydrogen-bond acceptors (Lipinski definition) is 3. The molecule has 1 aromatic carbocycles. The van der Waals surface area contributed by atoms with Crippen LogP contribution in [0.25, 0.3) is 0 Å². The molecule has 0 saturated heterocycles. The van der Waals surface area contributed by atoms with Crippen molar-refractivity contribution in [2.45, 2.75) is 59.3 Å². The molecule has 0 spiro atoms. The normalized spacial score (nSPS) is 12.4. The lowest BCUT2D eigenvalue weighted by Gasteiger charge is -2.29. The molecule has 20 heavy (non-hydrogen) atoms. The summed E-state index contributed by atoms with van der Waals surface area (Å²) < 4.78 is 5.70. The van der Waals surface area contributed by atoms with E-state index in [0.717, 1.165) is 11.1 Å². The molecule has 112 valence electrons. The third-order valence-corrected chi connectivity index (χ3v) is 3.36. The Morgan fingerprint density at radius 1 is 1.00 bits per heavy atom. The van der Waals surface area contributed by atoms with Crippen LogP contribution in [0.4, 0.5) is 0 Å². The topological polar surface area (TPSA) is 49.7 Å². The summed E-state index contributed by atoms with van der Waals surface area (Å²) in [5.74, 6) is 0.600. The van der Waals surface area contributed by atoms with Crippen molar-refractivity contribution in [3.8, 4) is 5.75 Å². The van der Waals surface area contributed by atoms with Crippen LogP contribution in [0.1, 0.15) is 59.6 Å². The van der Waals surface area contributed by atoms with E-state index in [2.05, 4.69) is 47.6 Å². The highest BCUT2D eigenvalue weighted by Gasteiger charge is 2.29. The van der Waals surface area contributed by atoms with E-state index in [9.17, 15) is 10.0 Å². The van der Waals surface area contributed by atoms with Gasteiger partial charge in [0.1, 0.15) is 5.75 Å². The van der Waals surface area contributed by atoms with Crippen LogP contribution in [0.15, 0.2) is 12.1 Å². The summed E-state index contributed by atoms with van der Waals surface area (Å²) in [6.45, 7) is 15.0. The maximum atomic E-state index is 9.69. The summed E-state index contributed by atoms with van der Waals surface area (Å²) in [5.41, 5.74) is 2.34. The second-order valence-corrected chi connectivity index (χ2v) is 7.25. The van der Waals surface area contributed by atoms with Crippen molar-refractivity contribution in [2.24, 2.45) is 0 Å². The average Bonchev–Trinajstić information content (AvgIpc) is 2.26. The van der Waals surface area contributed by atoms with Gasteiger partial charge in [-0.15, -0.1) is 0 Å². The van der Waals surface area contributed by atoms with Gasteiger partial charge < -0.3 is 14.8 Å². The smallest absolute Gasteiger partial charge is 0.492 e. The molecule has 0 amide bonds. The molecule has 0 aliphatic rings. The maximum absolute atomic E-state index is 9.69. The highest BCUT2D eigenvalue weighted by atomic mass is 16.5. The van der Waals surface area contributed by atoms with Gasteiger partial charge in [0.2, 0.25) is 0 Å². The van der Waals surface area contributed by atoms with Gasteiger partial charge in [0.05, 0.1) is 6.61 Å². The predicted octanol–water partition coefficient (Wildman–Crippen LogP) is 2.36. The summed E-state index contributed by atoms with van der Waals surface area (Å²) >= 11 is 0. The van der Waals surface area contributed by atoms with Crippen molar-refractivity contribution in [1.82, 2.24) is 0 Å². The third kappa shape index (κ3) is 3.77. The fraction of sp³-hybridized carbons (Fsp3) is 0.625. The molecule has 0 atom stereocenters. The van der Waals surface area contributed by atoms with Gasteiger partial charge in [-0.05, 0) is 28.9 Å². The molecule has 0 aliphatic carbocycles. The Bertz CT molecular complexity index is 468. The Balaban J connectivity index is 3.64. The number of rotatable bonds is 3. The highest BCUT2D eigenvalue weighted by Crippen LogP contribution is 2.34. The molecule has 2 N–H and O–H groups in total. The molecule has 1 rings (SSSR count). The fourth-order valence-corrected chi connectivity index (χ4v) is 2.14. The Morgan fingerprint density at radius 3 is 1.90 bits per heavy atom. The van der Waals surface area contributed by atoms with E-state index in [0.29, 0.717) is 17.8 Å². The minimum atomic E-state index is -1.53. The molecule has 0 aromatic heterocycles. The number of hydrogen-bond donors (Lipinski definition) is 2. The first-order valence-electron chi connectivity index (χ1n) is 7.16. The summed E-state index contributed by atoms with van der Waals surface area (Å²) in [5, 5.41) is 19.4. The van der Waals surface area contributed by atoms with E-state index < -0.39 is 7.12 Å². The zero-order valence-electron chi connectivity index (χ0n) is 13.7. The minimum Gasteiger partial charge on any atom is -0.494 e. The monoisotopic (exact) mass is 278 g/mol. The van der Waals surface area contributed by atoms with Crippen LogP contribution in [0.2, 0.25) is 0 Å². The molecule has 0 heterocycles. The lowest BCUT2D eigenvalue weighted by Crippen LogP contribution is -2.35. The van der Waals surface area contributed by atoms with Crippen molar-refractivity contribution in [3.63, 3.8) is 0 Å². The van der Waals surface area contributed by atoms with E-state index in [-0.39, 0.29) is 10.8 Å². The standard InChI is InChI=1S/C16H27BO3/c1-8-20-14-12(16(5,6)7)9-11(15(2,3)4)10-13(14)17(18)19/h9-10,18-19H,8H2,1-7H3. The largest absolute Gasteiger partial charge is 0.494 e. The zero-order chi connectivity index (χ0) is 15.7. The van der Waals surface area contributed by atoms with E-state index in [1.165, 1.54) is 0 Å². The number of benzene rings is 1. The Hall–Kier alpha value is -0.995. The van der Waals surface area contributed by atoms with Crippen molar-refractivity contribution in [2.75, 3.05) is 6.61 Å². The number of ether oxygens (including phenoxy) is 1. The van der Waals surface area contributed by atoms with Crippen molar-refractivity contribution in [3.05, 3.63) is 23.3 Å². The molecule has 0 bridgehead atoms. The first-order chi connectivity index (χ1) is 8.98.